The van der Waals surface area contributed by atoms with Crippen molar-refractivity contribution in [3.05, 3.63) is 40.9 Å². The smallest absolute Gasteiger partial charge is 0.323 e. The molecule has 2 amide bonds. The maximum atomic E-state index is 13.5. The van der Waals surface area contributed by atoms with E-state index in [1.807, 2.05) is 0 Å². The van der Waals surface area contributed by atoms with E-state index in [1.165, 1.54) is 6.08 Å². The van der Waals surface area contributed by atoms with Gasteiger partial charge < -0.3 is 15.3 Å². The second kappa shape index (κ2) is 6.99. The molecule has 0 aliphatic carbocycles. The van der Waals surface area contributed by atoms with Crippen LogP contribution in [0.1, 0.15) is 0 Å². The lowest BCUT2D eigenvalue weighted by atomic mass is 10.3. The van der Waals surface area contributed by atoms with Crippen molar-refractivity contribution in [1.82, 2.24) is 4.90 Å². The number of hydrogen-bond acceptors (Lipinski definition) is 2. The van der Waals surface area contributed by atoms with Crippen LogP contribution in [0.4, 0.5) is 19.3 Å². The number of halogens is 3. The summed E-state index contributed by atoms with van der Waals surface area (Å²) in [5, 5.41) is 10.8. The third-order valence-electron chi connectivity index (χ3n) is 2.21. The third kappa shape index (κ3) is 4.30. The summed E-state index contributed by atoms with van der Waals surface area (Å²) in [4.78, 5) is 23.3. The first kappa shape index (κ1) is 16.1. The summed E-state index contributed by atoms with van der Waals surface area (Å²) in [5.74, 6) is -3.00. The average Bonchev–Trinajstić information content (AvgIpc) is 2.34. The zero-order valence-corrected chi connectivity index (χ0v) is 11.8. The minimum atomic E-state index is -1.22. The first-order chi connectivity index (χ1) is 9.35. The fourth-order valence-corrected chi connectivity index (χ4v) is 1.69. The number of aliphatic carboxylic acids is 1. The topological polar surface area (TPSA) is 69.6 Å². The van der Waals surface area contributed by atoms with Crippen LogP contribution >= 0.6 is 15.9 Å². The number of carbonyl (C=O) groups excluding carboxylic acids is 1. The molecule has 1 aromatic rings. The van der Waals surface area contributed by atoms with Gasteiger partial charge in [-0.25, -0.2) is 13.6 Å². The quantitative estimate of drug-likeness (QED) is 0.635. The van der Waals surface area contributed by atoms with E-state index in [9.17, 15) is 18.4 Å². The van der Waals surface area contributed by atoms with Gasteiger partial charge in [0.05, 0.1) is 10.2 Å². The summed E-state index contributed by atoms with van der Waals surface area (Å²) in [6.45, 7) is 2.80. The van der Waals surface area contributed by atoms with Crippen LogP contribution in [-0.2, 0) is 4.79 Å². The fraction of sp³-hybridized carbons (Fsp3) is 0.167. The maximum Gasteiger partial charge on any atom is 0.323 e. The molecule has 0 bridgehead atoms. The molecule has 1 aromatic carbocycles. The van der Waals surface area contributed by atoms with Crippen LogP contribution in [0.2, 0.25) is 0 Å². The summed E-state index contributed by atoms with van der Waals surface area (Å²) in [6.07, 6.45) is 1.33. The Morgan fingerprint density at radius 1 is 1.40 bits per heavy atom. The number of rotatable bonds is 5. The van der Waals surface area contributed by atoms with Crippen LogP contribution in [0.5, 0.6) is 0 Å². The van der Waals surface area contributed by atoms with E-state index in [2.05, 4.69) is 27.8 Å². The molecular formula is C12H11BrF2N2O3. The Bertz CT molecular complexity index is 552. The number of nitrogens with one attached hydrogen (secondary N) is 1. The molecule has 0 aliphatic rings. The highest BCUT2D eigenvalue weighted by Gasteiger charge is 2.18. The van der Waals surface area contributed by atoms with Crippen molar-refractivity contribution in [3.63, 3.8) is 0 Å². The molecule has 0 spiro atoms. The summed E-state index contributed by atoms with van der Waals surface area (Å²) < 4.78 is 26.5. The molecule has 2 N–H and O–H groups in total. The number of urea groups is 1. The number of carboxylic acids is 1. The van der Waals surface area contributed by atoms with Gasteiger partial charge in [-0.1, -0.05) is 6.08 Å². The van der Waals surface area contributed by atoms with Crippen LogP contribution in [0.25, 0.3) is 0 Å². The minimum absolute atomic E-state index is 0.0253. The lowest BCUT2D eigenvalue weighted by Gasteiger charge is -2.19. The number of anilines is 1. The maximum absolute atomic E-state index is 13.5. The van der Waals surface area contributed by atoms with Crippen molar-refractivity contribution in [1.29, 1.82) is 0 Å². The molecule has 0 unspecified atom stereocenters. The van der Waals surface area contributed by atoms with E-state index < -0.39 is 30.2 Å². The molecule has 0 radical (unpaired) electrons. The number of benzene rings is 1. The fourth-order valence-electron chi connectivity index (χ4n) is 1.35. The highest BCUT2D eigenvalue weighted by atomic mass is 79.9. The van der Waals surface area contributed by atoms with Crippen molar-refractivity contribution in [2.45, 2.75) is 0 Å². The van der Waals surface area contributed by atoms with E-state index in [-0.39, 0.29) is 16.7 Å². The van der Waals surface area contributed by atoms with Crippen LogP contribution in [-0.4, -0.2) is 35.1 Å². The number of nitrogens with zero attached hydrogens (tertiary/aromatic N) is 1. The number of carboxylic acid groups (broad SMARTS) is 1. The molecule has 20 heavy (non-hydrogen) atoms. The minimum Gasteiger partial charge on any atom is -0.480 e. The molecule has 0 aliphatic heterocycles. The Morgan fingerprint density at radius 3 is 2.60 bits per heavy atom. The van der Waals surface area contributed by atoms with Gasteiger partial charge in [0.25, 0.3) is 0 Å². The van der Waals surface area contributed by atoms with E-state index in [1.54, 1.807) is 0 Å². The van der Waals surface area contributed by atoms with Crippen molar-refractivity contribution < 1.29 is 23.5 Å². The van der Waals surface area contributed by atoms with E-state index in [4.69, 9.17) is 5.11 Å². The predicted octanol–water partition coefficient (Wildman–Crippen LogP) is 2.83. The number of hydrogen-bond donors (Lipinski definition) is 2. The molecule has 0 saturated heterocycles. The molecule has 8 heteroatoms. The van der Waals surface area contributed by atoms with Crippen LogP contribution in [0.15, 0.2) is 29.3 Å². The van der Waals surface area contributed by atoms with Gasteiger partial charge in [-0.05, 0) is 22.0 Å². The Balaban J connectivity index is 2.90. The third-order valence-corrected chi connectivity index (χ3v) is 2.82. The molecule has 108 valence electrons. The Morgan fingerprint density at radius 2 is 2.05 bits per heavy atom. The predicted molar refractivity (Wildman–Crippen MR) is 72.5 cm³/mol. The van der Waals surface area contributed by atoms with Crippen LogP contribution in [0.3, 0.4) is 0 Å². The molecule has 0 fully saturated rings. The number of carbonyl (C=O) groups is 2. The average molecular weight is 349 g/mol. The lowest BCUT2D eigenvalue weighted by Crippen LogP contribution is -2.39. The molecule has 0 aromatic heterocycles. The van der Waals surface area contributed by atoms with Gasteiger partial charge >= 0.3 is 12.0 Å². The molecule has 0 heterocycles. The Labute approximate surface area is 122 Å². The largest absolute Gasteiger partial charge is 0.480 e. The van der Waals surface area contributed by atoms with Crippen molar-refractivity contribution in [2.24, 2.45) is 0 Å². The van der Waals surface area contributed by atoms with Gasteiger partial charge in [-0.2, -0.15) is 0 Å². The van der Waals surface area contributed by atoms with E-state index >= 15 is 0 Å². The van der Waals surface area contributed by atoms with Crippen molar-refractivity contribution >= 4 is 33.6 Å². The Hall–Kier alpha value is -1.96. The van der Waals surface area contributed by atoms with E-state index in [0.29, 0.717) is 6.07 Å². The second-order valence-corrected chi connectivity index (χ2v) is 4.59. The standard InChI is InChI=1S/C12H11BrF2N2O3/c1-2-3-17(6-11(18)19)12(20)16-10-4-7(13)8(14)5-9(10)15/h2,4-5H,1,3,6H2,(H,16,20)(H,18,19). The summed E-state index contributed by atoms with van der Waals surface area (Å²) in [7, 11) is 0. The number of amides is 2. The van der Waals surface area contributed by atoms with Crippen LogP contribution in [0, 0.1) is 11.6 Å². The van der Waals surface area contributed by atoms with Gasteiger partial charge in [0.15, 0.2) is 0 Å². The summed E-state index contributed by atoms with van der Waals surface area (Å²) >= 11 is 2.86. The van der Waals surface area contributed by atoms with Crippen LogP contribution < -0.4 is 5.32 Å². The van der Waals surface area contributed by atoms with Gasteiger partial charge in [-0.3, -0.25) is 4.79 Å². The summed E-state index contributed by atoms with van der Waals surface area (Å²) in [5.41, 5.74) is -0.261. The first-order valence-corrected chi connectivity index (χ1v) is 6.17. The van der Waals surface area contributed by atoms with E-state index in [0.717, 1.165) is 11.0 Å². The highest BCUT2D eigenvalue weighted by Crippen LogP contribution is 2.23. The van der Waals surface area contributed by atoms with Crippen molar-refractivity contribution in [3.8, 4) is 0 Å². The first-order valence-electron chi connectivity index (χ1n) is 5.38. The SMILES string of the molecule is C=CCN(CC(=O)O)C(=O)Nc1cc(Br)c(F)cc1F. The highest BCUT2D eigenvalue weighted by molar-refractivity contribution is 9.10. The van der Waals surface area contributed by atoms with Crippen molar-refractivity contribution in [2.75, 3.05) is 18.4 Å². The Kier molecular flexibility index (Phi) is 5.63. The second-order valence-electron chi connectivity index (χ2n) is 3.74. The molecule has 1 rings (SSSR count). The lowest BCUT2D eigenvalue weighted by molar-refractivity contribution is -0.137. The van der Waals surface area contributed by atoms with Gasteiger partial charge in [-0.15, -0.1) is 6.58 Å². The van der Waals surface area contributed by atoms with Gasteiger partial charge in [0.2, 0.25) is 0 Å². The van der Waals surface area contributed by atoms with Gasteiger partial charge in [0, 0.05) is 12.6 Å². The molecule has 0 saturated carbocycles. The van der Waals surface area contributed by atoms with Gasteiger partial charge in [0.1, 0.15) is 18.2 Å². The zero-order valence-electron chi connectivity index (χ0n) is 10.2. The normalized spacial score (nSPS) is 9.95. The molecule has 5 nitrogen and oxygen atoms in total. The summed E-state index contributed by atoms with van der Waals surface area (Å²) in [6, 6.07) is 0.828. The monoisotopic (exact) mass is 348 g/mol. The molecule has 0 atom stereocenters. The zero-order chi connectivity index (χ0) is 15.3. The molecular weight excluding hydrogens is 338 g/mol.